The number of Topliss-reactive ketones (excluding diaryl/α,β-unsaturated/α-hetero) is 1. The number of carbonyl (C=O) groups excluding carboxylic acids is 1. The largest absolute Gasteiger partial charge is 0.377 e. The molecule has 0 spiro atoms. The molecule has 0 bridgehead atoms. The van der Waals surface area contributed by atoms with E-state index < -0.39 is 0 Å². The van der Waals surface area contributed by atoms with Crippen LogP contribution in [0.3, 0.4) is 0 Å². The maximum Gasteiger partial charge on any atom is 0.140 e. The topological polar surface area (TPSA) is 26.3 Å². The maximum atomic E-state index is 11.3. The summed E-state index contributed by atoms with van der Waals surface area (Å²) in [6.07, 6.45) is 5.58. The van der Waals surface area contributed by atoms with E-state index >= 15 is 0 Å². The highest BCUT2D eigenvalue weighted by molar-refractivity contribution is 5.82. The zero-order valence-electron chi connectivity index (χ0n) is 6.71. The lowest BCUT2D eigenvalue weighted by Crippen LogP contribution is -2.38. The van der Waals surface area contributed by atoms with Gasteiger partial charge in [-0.05, 0) is 12.8 Å². The molecular weight excluding hydrogens is 140 g/mol. The summed E-state index contributed by atoms with van der Waals surface area (Å²) < 4.78 is 5.53. The van der Waals surface area contributed by atoms with E-state index in [2.05, 4.69) is 0 Å². The highest BCUT2D eigenvalue weighted by Gasteiger charge is 2.34. The monoisotopic (exact) mass is 154 g/mol. The zero-order chi connectivity index (χ0) is 7.68. The van der Waals surface area contributed by atoms with Crippen LogP contribution in [0.2, 0.25) is 0 Å². The van der Waals surface area contributed by atoms with Crippen LogP contribution in [0.4, 0.5) is 0 Å². The zero-order valence-corrected chi connectivity index (χ0v) is 6.71. The molecule has 1 aliphatic heterocycles. The molecule has 1 saturated heterocycles. The molecule has 11 heavy (non-hydrogen) atoms. The van der Waals surface area contributed by atoms with Gasteiger partial charge in [-0.2, -0.15) is 0 Å². The molecule has 2 atom stereocenters. The van der Waals surface area contributed by atoms with Crippen LogP contribution < -0.4 is 0 Å². The van der Waals surface area contributed by atoms with Crippen molar-refractivity contribution in [2.75, 3.05) is 6.61 Å². The van der Waals surface area contributed by atoms with Crippen molar-refractivity contribution in [3.63, 3.8) is 0 Å². The second kappa shape index (κ2) is 2.94. The van der Waals surface area contributed by atoms with Crippen molar-refractivity contribution >= 4 is 5.78 Å². The minimum atomic E-state index is 0.262. The van der Waals surface area contributed by atoms with Crippen LogP contribution in [-0.2, 0) is 9.53 Å². The van der Waals surface area contributed by atoms with Crippen LogP contribution in [0.1, 0.15) is 32.1 Å². The van der Waals surface area contributed by atoms with Gasteiger partial charge in [-0.15, -0.1) is 0 Å². The SMILES string of the molecule is O=C1CCO[C@H]2CCCC[C@H]12. The van der Waals surface area contributed by atoms with Gasteiger partial charge in [0, 0.05) is 12.3 Å². The van der Waals surface area contributed by atoms with E-state index in [1.54, 1.807) is 0 Å². The van der Waals surface area contributed by atoms with Crippen molar-refractivity contribution in [2.45, 2.75) is 38.2 Å². The van der Waals surface area contributed by atoms with Gasteiger partial charge in [0.1, 0.15) is 5.78 Å². The number of fused-ring (bicyclic) bond motifs is 1. The standard InChI is InChI=1S/C9H14O2/c10-8-5-6-11-9-4-2-1-3-7(8)9/h7,9H,1-6H2/t7-,9+/m1/s1. The first-order valence-corrected chi connectivity index (χ1v) is 4.52. The molecule has 2 heteroatoms. The molecule has 1 saturated carbocycles. The highest BCUT2D eigenvalue weighted by atomic mass is 16.5. The van der Waals surface area contributed by atoms with Crippen LogP contribution in [0.25, 0.3) is 0 Å². The molecule has 0 aromatic carbocycles. The third-order valence-electron chi connectivity index (χ3n) is 2.80. The molecular formula is C9H14O2. The highest BCUT2D eigenvalue weighted by Crippen LogP contribution is 2.31. The molecule has 0 radical (unpaired) electrons. The van der Waals surface area contributed by atoms with Crippen LogP contribution in [0.5, 0.6) is 0 Å². The fourth-order valence-corrected chi connectivity index (χ4v) is 2.16. The Labute approximate surface area is 66.9 Å². The van der Waals surface area contributed by atoms with E-state index in [9.17, 15) is 4.79 Å². The van der Waals surface area contributed by atoms with Crippen molar-refractivity contribution in [2.24, 2.45) is 5.92 Å². The molecule has 2 rings (SSSR count). The van der Waals surface area contributed by atoms with E-state index in [0.717, 1.165) is 12.8 Å². The predicted octanol–water partition coefficient (Wildman–Crippen LogP) is 1.53. The third-order valence-corrected chi connectivity index (χ3v) is 2.80. The van der Waals surface area contributed by atoms with Crippen molar-refractivity contribution in [3.8, 4) is 0 Å². The minimum absolute atomic E-state index is 0.262. The smallest absolute Gasteiger partial charge is 0.140 e. The summed E-state index contributed by atoms with van der Waals surface area (Å²) in [5.74, 6) is 0.707. The first-order chi connectivity index (χ1) is 5.38. The second-order valence-corrected chi connectivity index (χ2v) is 3.52. The summed E-state index contributed by atoms with van der Waals surface area (Å²) in [7, 11) is 0. The molecule has 0 N–H and O–H groups in total. The first-order valence-electron chi connectivity index (χ1n) is 4.52. The number of ether oxygens (including phenoxy) is 1. The Hall–Kier alpha value is -0.370. The van der Waals surface area contributed by atoms with Crippen molar-refractivity contribution in [3.05, 3.63) is 0 Å². The number of hydrogen-bond donors (Lipinski definition) is 0. The molecule has 62 valence electrons. The van der Waals surface area contributed by atoms with Gasteiger partial charge >= 0.3 is 0 Å². The van der Waals surface area contributed by atoms with E-state index in [1.165, 1.54) is 12.8 Å². The fraction of sp³-hybridized carbons (Fsp3) is 0.889. The van der Waals surface area contributed by atoms with E-state index in [4.69, 9.17) is 4.74 Å². The number of hydrogen-bond acceptors (Lipinski definition) is 2. The van der Waals surface area contributed by atoms with Gasteiger partial charge in [0.25, 0.3) is 0 Å². The fourth-order valence-electron chi connectivity index (χ4n) is 2.16. The second-order valence-electron chi connectivity index (χ2n) is 3.52. The summed E-state index contributed by atoms with van der Waals surface area (Å²) in [4.78, 5) is 11.3. The normalized spacial score (nSPS) is 38.4. The van der Waals surface area contributed by atoms with Gasteiger partial charge in [-0.25, -0.2) is 0 Å². The van der Waals surface area contributed by atoms with Crippen molar-refractivity contribution in [1.29, 1.82) is 0 Å². The van der Waals surface area contributed by atoms with Gasteiger partial charge < -0.3 is 4.74 Å². The Kier molecular flexibility index (Phi) is 1.95. The number of carbonyl (C=O) groups is 1. The quantitative estimate of drug-likeness (QED) is 0.529. The lowest BCUT2D eigenvalue weighted by molar-refractivity contribution is -0.139. The maximum absolute atomic E-state index is 11.3. The minimum Gasteiger partial charge on any atom is -0.377 e. The van der Waals surface area contributed by atoms with Crippen molar-refractivity contribution in [1.82, 2.24) is 0 Å². The van der Waals surface area contributed by atoms with E-state index in [1.807, 2.05) is 0 Å². The molecule has 2 aliphatic rings. The lowest BCUT2D eigenvalue weighted by atomic mass is 9.81. The van der Waals surface area contributed by atoms with E-state index in [0.29, 0.717) is 18.8 Å². The molecule has 0 aromatic rings. The lowest BCUT2D eigenvalue weighted by Gasteiger charge is -2.34. The van der Waals surface area contributed by atoms with Gasteiger partial charge in [0.2, 0.25) is 0 Å². The first kappa shape index (κ1) is 7.29. The van der Waals surface area contributed by atoms with Gasteiger partial charge in [-0.1, -0.05) is 12.8 Å². The Morgan fingerprint density at radius 1 is 1.27 bits per heavy atom. The Bertz CT molecular complexity index is 163. The number of ketones is 1. The Morgan fingerprint density at radius 2 is 2.09 bits per heavy atom. The van der Waals surface area contributed by atoms with E-state index in [-0.39, 0.29) is 12.0 Å². The van der Waals surface area contributed by atoms with Gasteiger partial charge in [0.05, 0.1) is 12.7 Å². The predicted molar refractivity (Wildman–Crippen MR) is 41.3 cm³/mol. The summed E-state index contributed by atoms with van der Waals surface area (Å²) in [6.45, 7) is 0.667. The van der Waals surface area contributed by atoms with Crippen LogP contribution in [-0.4, -0.2) is 18.5 Å². The van der Waals surface area contributed by atoms with Crippen molar-refractivity contribution < 1.29 is 9.53 Å². The van der Waals surface area contributed by atoms with Crippen LogP contribution in [0, 0.1) is 5.92 Å². The average Bonchev–Trinajstić information content (AvgIpc) is 2.06. The molecule has 2 fully saturated rings. The Balaban J connectivity index is 2.05. The summed E-state index contributed by atoms with van der Waals surface area (Å²) in [5.41, 5.74) is 0. The van der Waals surface area contributed by atoms with Gasteiger partial charge in [-0.3, -0.25) is 4.79 Å². The third kappa shape index (κ3) is 1.32. The summed E-state index contributed by atoms with van der Waals surface area (Å²) >= 11 is 0. The summed E-state index contributed by atoms with van der Waals surface area (Å²) in [6, 6.07) is 0. The van der Waals surface area contributed by atoms with Gasteiger partial charge in [0.15, 0.2) is 0 Å². The number of rotatable bonds is 0. The molecule has 0 unspecified atom stereocenters. The molecule has 1 heterocycles. The van der Waals surface area contributed by atoms with Crippen LogP contribution >= 0.6 is 0 Å². The van der Waals surface area contributed by atoms with Crippen LogP contribution in [0.15, 0.2) is 0 Å². The molecule has 0 aromatic heterocycles. The average molecular weight is 154 g/mol. The summed E-state index contributed by atoms with van der Waals surface area (Å²) in [5, 5.41) is 0. The molecule has 1 aliphatic carbocycles. The Morgan fingerprint density at radius 3 is 2.91 bits per heavy atom. The molecule has 2 nitrogen and oxygen atoms in total. The molecule has 0 amide bonds.